The highest BCUT2D eigenvalue weighted by Gasteiger charge is 2.06. The summed E-state index contributed by atoms with van der Waals surface area (Å²) in [7, 11) is 1.74. The van der Waals surface area contributed by atoms with E-state index in [1.165, 1.54) is 17.0 Å². The monoisotopic (exact) mass is 463 g/mol. The van der Waals surface area contributed by atoms with Gasteiger partial charge in [0.15, 0.2) is 5.96 Å². The van der Waals surface area contributed by atoms with Crippen LogP contribution in [0.1, 0.15) is 11.8 Å². The van der Waals surface area contributed by atoms with E-state index in [1.807, 2.05) is 6.92 Å². The molecule has 2 rings (SSSR count). The van der Waals surface area contributed by atoms with Gasteiger partial charge in [-0.3, -0.25) is 4.99 Å². The number of guanidine groups is 1. The number of hydrogen-bond donors (Lipinski definition) is 2. The molecule has 0 saturated carbocycles. The van der Waals surface area contributed by atoms with Gasteiger partial charge >= 0.3 is 0 Å². The fourth-order valence-electron chi connectivity index (χ4n) is 2.01. The third kappa shape index (κ3) is 7.48. The van der Waals surface area contributed by atoms with Crippen LogP contribution in [0.5, 0.6) is 5.75 Å². The van der Waals surface area contributed by atoms with Gasteiger partial charge < -0.3 is 15.4 Å². The normalized spacial score (nSPS) is 12.2. The minimum absolute atomic E-state index is 0. The second-order valence-corrected chi connectivity index (χ2v) is 6.12. The van der Waals surface area contributed by atoms with Crippen molar-refractivity contribution in [2.24, 2.45) is 4.99 Å². The van der Waals surface area contributed by atoms with Crippen LogP contribution in [0.15, 0.2) is 46.8 Å². The van der Waals surface area contributed by atoms with E-state index in [9.17, 15) is 4.39 Å². The summed E-state index contributed by atoms with van der Waals surface area (Å²) in [5, 5.41) is 8.58. The Balaban J connectivity index is 0.00000288. The zero-order valence-electron chi connectivity index (χ0n) is 13.8. The summed E-state index contributed by atoms with van der Waals surface area (Å²) in [5.74, 6) is 1.14. The molecule has 132 valence electrons. The van der Waals surface area contributed by atoms with Crippen molar-refractivity contribution in [2.45, 2.75) is 19.4 Å². The number of thiophene rings is 1. The number of nitrogens with zero attached hydrogens (tertiary/aromatic N) is 1. The van der Waals surface area contributed by atoms with Gasteiger partial charge in [-0.1, -0.05) is 6.07 Å². The van der Waals surface area contributed by atoms with Crippen LogP contribution >= 0.6 is 35.3 Å². The Hall–Kier alpha value is -1.35. The Morgan fingerprint density at radius 1 is 1.25 bits per heavy atom. The molecule has 24 heavy (non-hydrogen) atoms. The molecular formula is C17H23FIN3OS. The van der Waals surface area contributed by atoms with Crippen molar-refractivity contribution in [1.29, 1.82) is 0 Å². The van der Waals surface area contributed by atoms with E-state index in [1.54, 1.807) is 30.5 Å². The van der Waals surface area contributed by atoms with Crippen LogP contribution in [0.4, 0.5) is 4.39 Å². The third-order valence-corrected chi connectivity index (χ3v) is 4.11. The Morgan fingerprint density at radius 3 is 2.62 bits per heavy atom. The van der Waals surface area contributed by atoms with Crippen molar-refractivity contribution in [2.75, 3.05) is 20.1 Å². The van der Waals surface area contributed by atoms with E-state index in [0.29, 0.717) is 12.3 Å². The summed E-state index contributed by atoms with van der Waals surface area (Å²) < 4.78 is 18.6. The quantitative estimate of drug-likeness (QED) is 0.374. The molecule has 0 amide bonds. The highest BCUT2D eigenvalue weighted by molar-refractivity contribution is 14.0. The first-order valence-electron chi connectivity index (χ1n) is 7.56. The summed E-state index contributed by atoms with van der Waals surface area (Å²) in [6.45, 7) is 3.39. The second kappa shape index (κ2) is 11.2. The average Bonchev–Trinajstić information content (AvgIpc) is 3.06. The number of hydrogen-bond acceptors (Lipinski definition) is 3. The zero-order valence-corrected chi connectivity index (χ0v) is 16.9. The highest BCUT2D eigenvalue weighted by atomic mass is 127. The van der Waals surface area contributed by atoms with Gasteiger partial charge in [0.2, 0.25) is 0 Å². The lowest BCUT2D eigenvalue weighted by atomic mass is 10.3. The molecular weight excluding hydrogens is 440 g/mol. The zero-order chi connectivity index (χ0) is 16.5. The minimum atomic E-state index is -0.265. The van der Waals surface area contributed by atoms with Crippen LogP contribution in [0, 0.1) is 5.82 Å². The maximum Gasteiger partial charge on any atom is 0.191 e. The van der Waals surface area contributed by atoms with Gasteiger partial charge in [-0.2, -0.15) is 0 Å². The lowest BCUT2D eigenvalue weighted by Crippen LogP contribution is -2.42. The molecule has 0 spiro atoms. The third-order valence-electron chi connectivity index (χ3n) is 3.18. The van der Waals surface area contributed by atoms with Crippen molar-refractivity contribution in [3.05, 3.63) is 52.5 Å². The van der Waals surface area contributed by atoms with E-state index < -0.39 is 0 Å². The van der Waals surface area contributed by atoms with Crippen LogP contribution in [-0.2, 0) is 6.42 Å². The van der Waals surface area contributed by atoms with Crippen LogP contribution in [-0.4, -0.2) is 32.2 Å². The van der Waals surface area contributed by atoms with Crippen LogP contribution < -0.4 is 15.4 Å². The molecule has 1 unspecified atom stereocenters. The molecule has 0 bridgehead atoms. The Bertz CT molecular complexity index is 605. The fourth-order valence-corrected chi connectivity index (χ4v) is 2.72. The topological polar surface area (TPSA) is 45.7 Å². The highest BCUT2D eigenvalue weighted by Crippen LogP contribution is 2.12. The standard InChI is InChI=1S/C17H22FN3OS.HI/c1-13(22-15-7-5-14(18)6-8-15)12-21-17(19-2)20-10-9-16-4-3-11-23-16;/h3-8,11,13H,9-10,12H2,1-2H3,(H2,19,20,21);1H. The van der Waals surface area contributed by atoms with Gasteiger partial charge in [0.05, 0.1) is 6.54 Å². The maximum absolute atomic E-state index is 12.9. The number of aliphatic imine (C=N–C) groups is 1. The van der Waals surface area contributed by atoms with Gasteiger partial charge in [-0.15, -0.1) is 35.3 Å². The van der Waals surface area contributed by atoms with Gasteiger partial charge in [-0.05, 0) is 49.1 Å². The molecule has 0 fully saturated rings. The van der Waals surface area contributed by atoms with E-state index in [2.05, 4.69) is 33.1 Å². The number of ether oxygens (including phenoxy) is 1. The van der Waals surface area contributed by atoms with Gasteiger partial charge in [0.25, 0.3) is 0 Å². The SMILES string of the molecule is CN=C(NCCc1cccs1)NCC(C)Oc1ccc(F)cc1.I. The Labute approximate surface area is 163 Å². The molecule has 0 aliphatic heterocycles. The molecule has 2 aromatic rings. The number of nitrogens with one attached hydrogen (secondary N) is 2. The molecule has 1 heterocycles. The van der Waals surface area contributed by atoms with Crippen LogP contribution in [0.25, 0.3) is 0 Å². The first kappa shape index (κ1) is 20.7. The summed E-state index contributed by atoms with van der Waals surface area (Å²) in [5.41, 5.74) is 0. The predicted octanol–water partition coefficient (Wildman–Crippen LogP) is 3.68. The first-order valence-corrected chi connectivity index (χ1v) is 8.44. The van der Waals surface area contributed by atoms with Crippen LogP contribution in [0.2, 0.25) is 0 Å². The smallest absolute Gasteiger partial charge is 0.191 e. The van der Waals surface area contributed by atoms with Crippen molar-refractivity contribution in [3.63, 3.8) is 0 Å². The number of halogens is 2. The van der Waals surface area contributed by atoms with Gasteiger partial charge in [-0.25, -0.2) is 4.39 Å². The minimum Gasteiger partial charge on any atom is -0.489 e. The summed E-state index contributed by atoms with van der Waals surface area (Å²) in [4.78, 5) is 5.54. The van der Waals surface area contributed by atoms with E-state index in [4.69, 9.17) is 4.74 Å². The number of benzene rings is 1. The Morgan fingerprint density at radius 2 is 2.00 bits per heavy atom. The van der Waals surface area contributed by atoms with Crippen molar-refractivity contribution >= 4 is 41.3 Å². The largest absolute Gasteiger partial charge is 0.489 e. The molecule has 0 aliphatic rings. The summed E-state index contributed by atoms with van der Waals surface area (Å²) >= 11 is 1.76. The molecule has 4 nitrogen and oxygen atoms in total. The summed E-state index contributed by atoms with van der Waals surface area (Å²) in [6, 6.07) is 10.2. The first-order chi connectivity index (χ1) is 11.2. The second-order valence-electron chi connectivity index (χ2n) is 5.09. The molecule has 0 aliphatic carbocycles. The predicted molar refractivity (Wildman–Crippen MR) is 109 cm³/mol. The van der Waals surface area contributed by atoms with Crippen LogP contribution in [0.3, 0.4) is 0 Å². The molecule has 7 heteroatoms. The Kier molecular flexibility index (Phi) is 9.70. The summed E-state index contributed by atoms with van der Waals surface area (Å²) in [6.07, 6.45) is 0.913. The average molecular weight is 463 g/mol. The maximum atomic E-state index is 12.9. The van der Waals surface area contributed by atoms with E-state index in [0.717, 1.165) is 18.9 Å². The number of rotatable bonds is 7. The molecule has 1 atom stereocenters. The van der Waals surface area contributed by atoms with Crippen molar-refractivity contribution in [3.8, 4) is 5.75 Å². The van der Waals surface area contributed by atoms with E-state index in [-0.39, 0.29) is 35.9 Å². The van der Waals surface area contributed by atoms with Gasteiger partial charge in [0.1, 0.15) is 17.7 Å². The lowest BCUT2D eigenvalue weighted by molar-refractivity contribution is 0.223. The van der Waals surface area contributed by atoms with E-state index >= 15 is 0 Å². The lowest BCUT2D eigenvalue weighted by Gasteiger charge is -2.17. The molecule has 1 aromatic carbocycles. The van der Waals surface area contributed by atoms with Crippen molar-refractivity contribution in [1.82, 2.24) is 10.6 Å². The molecule has 0 radical (unpaired) electrons. The molecule has 2 N–H and O–H groups in total. The van der Waals surface area contributed by atoms with Gasteiger partial charge in [0, 0.05) is 18.5 Å². The fraction of sp³-hybridized carbons (Fsp3) is 0.353. The molecule has 0 saturated heterocycles. The van der Waals surface area contributed by atoms with Crippen molar-refractivity contribution < 1.29 is 9.13 Å². The molecule has 1 aromatic heterocycles.